The summed E-state index contributed by atoms with van der Waals surface area (Å²) < 4.78 is 122. The maximum Gasteiger partial charge on any atom is 0.243 e. The van der Waals surface area contributed by atoms with Crippen LogP contribution in [0.5, 0.6) is 0 Å². The summed E-state index contributed by atoms with van der Waals surface area (Å²) in [5, 5.41) is 0. The molecule has 0 aromatic heterocycles. The van der Waals surface area contributed by atoms with E-state index in [0.717, 1.165) is 35.1 Å². The highest BCUT2D eigenvalue weighted by Crippen LogP contribution is 2.39. The van der Waals surface area contributed by atoms with Gasteiger partial charge in [0.2, 0.25) is 40.1 Å². The van der Waals surface area contributed by atoms with Crippen molar-refractivity contribution in [3.8, 4) is 0 Å². The Balaban J connectivity index is 1.40. The molecule has 4 aromatic rings. The largest absolute Gasteiger partial charge is 0.243 e. The summed E-state index contributed by atoms with van der Waals surface area (Å²) in [7, 11) is -15.7. The Morgan fingerprint density at radius 3 is 0.714 bits per heavy atom. The lowest BCUT2D eigenvalue weighted by molar-refractivity contribution is 0.119. The van der Waals surface area contributed by atoms with Crippen LogP contribution in [0, 0.1) is 94.9 Å². The highest BCUT2D eigenvalue weighted by atomic mass is 32.2. The van der Waals surface area contributed by atoms with E-state index in [0.29, 0.717) is 80.0 Å². The third-order valence-electron chi connectivity index (χ3n) is 14.1. The van der Waals surface area contributed by atoms with Crippen molar-refractivity contribution in [2.45, 2.75) is 155 Å². The first-order chi connectivity index (χ1) is 32.6. The fraction of sp³-hybridized carbons (Fsp3) is 0.556. The van der Waals surface area contributed by atoms with Crippen LogP contribution in [0.4, 0.5) is 0 Å². The Morgan fingerprint density at radius 1 is 0.343 bits per heavy atom. The molecule has 1 fully saturated rings. The molecule has 1 aliphatic carbocycles. The second-order valence-corrected chi connectivity index (χ2v) is 27.6. The van der Waals surface area contributed by atoms with E-state index >= 15 is 0 Å². The van der Waals surface area contributed by atoms with E-state index in [1.165, 1.54) is 8.61 Å². The van der Waals surface area contributed by atoms with Crippen LogP contribution in [-0.4, -0.2) is 103 Å². The molecule has 0 aliphatic heterocycles. The molecule has 70 heavy (non-hydrogen) atoms. The minimum atomic E-state index is -4.03. The SMILES string of the molecule is CCN(CCCCN(C[C@H]1CC[C@H]1CN(CCCCN(CC)S(=O)(=O)c1c(C)cc(C)cc1C)S(=O)(=O)c1c(C)cc(C)cc1C)S(=O)(=O)c1c(C)cc(C)cc1C)S(=O)(=O)c1c(C)cc(C)cc1C. The monoisotopic (exact) mass is 1040 g/mol. The second kappa shape index (κ2) is 23.2. The zero-order chi connectivity index (χ0) is 52.3. The summed E-state index contributed by atoms with van der Waals surface area (Å²) in [5.41, 5.74) is 9.29. The number of rotatable bonds is 24. The molecular formula is C54H80N4O8S4. The molecule has 0 radical (unpaired) electrons. The first-order valence-corrected chi connectivity index (χ1v) is 30.7. The van der Waals surface area contributed by atoms with Crippen molar-refractivity contribution in [2.75, 3.05) is 52.4 Å². The topological polar surface area (TPSA) is 150 Å². The van der Waals surface area contributed by atoms with Crippen molar-refractivity contribution in [1.29, 1.82) is 0 Å². The van der Waals surface area contributed by atoms with Gasteiger partial charge < -0.3 is 0 Å². The van der Waals surface area contributed by atoms with E-state index in [9.17, 15) is 33.7 Å². The molecule has 0 amide bonds. The van der Waals surface area contributed by atoms with Crippen molar-refractivity contribution < 1.29 is 33.7 Å². The fourth-order valence-corrected chi connectivity index (χ4v) is 18.8. The van der Waals surface area contributed by atoms with Crippen LogP contribution in [0.2, 0.25) is 0 Å². The lowest BCUT2D eigenvalue weighted by atomic mass is 9.73. The summed E-state index contributed by atoms with van der Waals surface area (Å²) >= 11 is 0. The summed E-state index contributed by atoms with van der Waals surface area (Å²) in [4.78, 5) is 1.16. The average Bonchev–Trinajstić information content (AvgIpc) is 3.20. The standard InChI is InChI=1S/C54H80N4O8S4/c1-15-55(67(59,60)51-41(7)27-37(3)28-42(51)8)23-17-19-25-57(69(63,64)53-45(11)31-39(5)32-46(53)12)35-49-21-22-50(49)36-58(70(65,66)54-47(13)33-40(6)34-48(54)14)26-20-18-24-56(16-2)68(61,62)52-43(9)29-38(4)30-44(52)10/h27-34,49-50H,15-26,35-36H2,1-14H3/t49-,50+. The molecule has 0 N–H and O–H groups in total. The molecule has 12 nitrogen and oxygen atoms in total. The van der Waals surface area contributed by atoms with Gasteiger partial charge in [-0.25, -0.2) is 33.7 Å². The van der Waals surface area contributed by atoms with Gasteiger partial charge in [-0.1, -0.05) is 84.6 Å². The highest BCUT2D eigenvalue weighted by Gasteiger charge is 2.40. The molecule has 0 bridgehead atoms. The van der Waals surface area contributed by atoms with E-state index < -0.39 is 40.1 Å². The molecule has 0 unspecified atom stereocenters. The summed E-state index contributed by atoms with van der Waals surface area (Å²) in [6.07, 6.45) is 3.14. The van der Waals surface area contributed by atoms with Gasteiger partial charge >= 0.3 is 0 Å². The summed E-state index contributed by atoms with van der Waals surface area (Å²) in [6, 6.07) is 15.0. The van der Waals surface area contributed by atoms with Gasteiger partial charge in [-0.15, -0.1) is 0 Å². The van der Waals surface area contributed by atoms with Gasteiger partial charge in [0.15, 0.2) is 0 Å². The Labute approximate surface area is 423 Å². The minimum absolute atomic E-state index is 0.138. The second-order valence-electron chi connectivity index (χ2n) is 20.1. The lowest BCUT2D eigenvalue weighted by Gasteiger charge is -2.42. The van der Waals surface area contributed by atoms with Gasteiger partial charge in [-0.05, 0) is 178 Å². The number of aryl methyl sites for hydroxylation is 12. The van der Waals surface area contributed by atoms with Crippen LogP contribution in [0.3, 0.4) is 0 Å². The first-order valence-electron chi connectivity index (χ1n) is 24.9. The van der Waals surface area contributed by atoms with E-state index in [1.54, 1.807) is 8.61 Å². The zero-order valence-corrected chi connectivity index (χ0v) is 47.6. The highest BCUT2D eigenvalue weighted by molar-refractivity contribution is 7.90. The number of benzene rings is 4. The molecule has 0 saturated heterocycles. The number of nitrogens with zero attached hydrogens (tertiary/aromatic N) is 4. The number of unbranched alkanes of at least 4 members (excludes halogenated alkanes) is 2. The maximum atomic E-state index is 14.9. The van der Waals surface area contributed by atoms with Crippen molar-refractivity contribution in [2.24, 2.45) is 11.8 Å². The van der Waals surface area contributed by atoms with Crippen LogP contribution in [0.15, 0.2) is 68.1 Å². The molecule has 4 aromatic carbocycles. The Morgan fingerprint density at radius 2 is 0.529 bits per heavy atom. The van der Waals surface area contributed by atoms with Crippen LogP contribution in [0.25, 0.3) is 0 Å². The number of hydrogen-bond donors (Lipinski definition) is 0. The third-order valence-corrected chi connectivity index (χ3v) is 23.0. The van der Waals surface area contributed by atoms with Gasteiger partial charge in [0, 0.05) is 52.4 Å². The predicted molar refractivity (Wildman–Crippen MR) is 284 cm³/mol. The van der Waals surface area contributed by atoms with Gasteiger partial charge in [-0.3, -0.25) is 0 Å². The van der Waals surface area contributed by atoms with Crippen molar-refractivity contribution in [3.05, 3.63) is 115 Å². The smallest absolute Gasteiger partial charge is 0.207 e. The van der Waals surface area contributed by atoms with Crippen LogP contribution in [0.1, 0.15) is 119 Å². The molecule has 5 rings (SSSR count). The van der Waals surface area contributed by atoms with Crippen LogP contribution >= 0.6 is 0 Å². The Kier molecular flexibility index (Phi) is 19.0. The van der Waals surface area contributed by atoms with E-state index in [4.69, 9.17) is 0 Å². The normalized spacial score (nSPS) is 16.0. The lowest BCUT2D eigenvalue weighted by Crippen LogP contribution is -2.47. The first kappa shape index (κ1) is 57.4. The van der Waals surface area contributed by atoms with Crippen molar-refractivity contribution in [3.63, 3.8) is 0 Å². The fourth-order valence-electron chi connectivity index (χ4n) is 11.1. The Bertz CT molecular complexity index is 2710. The number of sulfonamides is 4. The van der Waals surface area contributed by atoms with E-state index in [-0.39, 0.29) is 74.0 Å². The molecule has 16 heteroatoms. The van der Waals surface area contributed by atoms with Gasteiger partial charge in [-0.2, -0.15) is 17.2 Å². The zero-order valence-electron chi connectivity index (χ0n) is 44.4. The molecule has 0 spiro atoms. The van der Waals surface area contributed by atoms with Gasteiger partial charge in [0.1, 0.15) is 0 Å². The van der Waals surface area contributed by atoms with Gasteiger partial charge in [0.25, 0.3) is 0 Å². The number of hydrogen-bond acceptors (Lipinski definition) is 8. The van der Waals surface area contributed by atoms with Crippen LogP contribution < -0.4 is 0 Å². The van der Waals surface area contributed by atoms with Crippen molar-refractivity contribution in [1.82, 2.24) is 17.2 Å². The van der Waals surface area contributed by atoms with E-state index in [2.05, 4.69) is 0 Å². The molecule has 0 heterocycles. The molecular weight excluding hydrogens is 961 g/mol. The molecule has 1 saturated carbocycles. The molecule has 1 aliphatic rings. The maximum absolute atomic E-state index is 14.9. The summed E-state index contributed by atoms with van der Waals surface area (Å²) in [5.74, 6) is -0.277. The van der Waals surface area contributed by atoms with Crippen LogP contribution in [-0.2, 0) is 40.1 Å². The Hall–Kier alpha value is -3.48. The summed E-state index contributed by atoms with van der Waals surface area (Å²) in [6.45, 7) is 27.6. The van der Waals surface area contributed by atoms with E-state index in [1.807, 2.05) is 145 Å². The molecule has 2 atom stereocenters. The molecule has 388 valence electrons. The van der Waals surface area contributed by atoms with Crippen molar-refractivity contribution >= 4 is 40.1 Å². The minimum Gasteiger partial charge on any atom is -0.207 e. The van der Waals surface area contributed by atoms with Gasteiger partial charge in [0.05, 0.1) is 19.6 Å². The average molecular weight is 1040 g/mol. The predicted octanol–water partition coefficient (Wildman–Crippen LogP) is 10.1. The quantitative estimate of drug-likeness (QED) is 0.0630. The third kappa shape index (κ3) is 12.6.